The summed E-state index contributed by atoms with van der Waals surface area (Å²) in [7, 11) is 0. The van der Waals surface area contributed by atoms with Crippen LogP contribution in [0, 0.1) is 0 Å². The first-order valence-electron chi connectivity index (χ1n) is 7.25. The van der Waals surface area contributed by atoms with Gasteiger partial charge in [0.1, 0.15) is 0 Å². The highest BCUT2D eigenvalue weighted by Crippen LogP contribution is 2.28. The van der Waals surface area contributed by atoms with Gasteiger partial charge in [-0.25, -0.2) is 4.79 Å². The van der Waals surface area contributed by atoms with Crippen molar-refractivity contribution in [2.75, 3.05) is 29.9 Å². The van der Waals surface area contributed by atoms with Gasteiger partial charge in [-0.15, -0.1) is 6.58 Å². The molecule has 5 heteroatoms. The second-order valence-electron chi connectivity index (χ2n) is 5.30. The van der Waals surface area contributed by atoms with E-state index in [0.717, 1.165) is 24.5 Å². The van der Waals surface area contributed by atoms with E-state index in [4.69, 9.17) is 4.74 Å². The summed E-state index contributed by atoms with van der Waals surface area (Å²) in [6.07, 6.45) is 2.00. The van der Waals surface area contributed by atoms with Crippen LogP contribution in [-0.4, -0.2) is 37.9 Å². The molecule has 0 radical (unpaired) electrons. The minimum absolute atomic E-state index is 0.177. The number of nitrogens with one attached hydrogen (secondary N) is 2. The molecule has 1 aliphatic heterocycles. The van der Waals surface area contributed by atoms with Gasteiger partial charge in [0, 0.05) is 19.6 Å². The summed E-state index contributed by atoms with van der Waals surface area (Å²) in [5.74, 6) is 0. The van der Waals surface area contributed by atoms with Crippen LogP contribution < -0.4 is 15.5 Å². The fraction of sp³-hybridized carbons (Fsp3) is 0.438. The molecule has 1 heterocycles. The van der Waals surface area contributed by atoms with Crippen LogP contribution in [0.5, 0.6) is 0 Å². The number of carbonyl (C=O) groups excluding carboxylic acids is 1. The minimum atomic E-state index is -0.225. The molecule has 2 amide bonds. The van der Waals surface area contributed by atoms with Crippen molar-refractivity contribution in [1.29, 1.82) is 0 Å². The average Bonchev–Trinajstić information content (AvgIpc) is 2.44. The molecule has 1 aliphatic rings. The Balaban J connectivity index is 2.12. The first-order valence-corrected chi connectivity index (χ1v) is 7.25. The molecular formula is C16H23N3O2. The molecule has 1 aromatic rings. The Morgan fingerprint density at radius 1 is 1.38 bits per heavy atom. The van der Waals surface area contributed by atoms with Gasteiger partial charge >= 0.3 is 6.03 Å². The number of anilines is 2. The number of hydrogen-bond donors (Lipinski definition) is 2. The summed E-state index contributed by atoms with van der Waals surface area (Å²) in [6, 6.07) is 7.60. The Bertz CT molecular complexity index is 494. The monoisotopic (exact) mass is 289 g/mol. The number of rotatable bonds is 4. The molecule has 1 aromatic carbocycles. The number of morpholine rings is 1. The van der Waals surface area contributed by atoms with Crippen LogP contribution in [0.1, 0.15) is 13.8 Å². The molecule has 5 nitrogen and oxygen atoms in total. The van der Waals surface area contributed by atoms with Crippen LogP contribution in [0.25, 0.3) is 0 Å². The summed E-state index contributed by atoms with van der Waals surface area (Å²) in [5.41, 5.74) is 1.83. The molecule has 2 rings (SSSR count). The Morgan fingerprint density at radius 2 is 2.05 bits per heavy atom. The largest absolute Gasteiger partial charge is 0.372 e. The van der Waals surface area contributed by atoms with Gasteiger partial charge in [-0.05, 0) is 26.0 Å². The molecule has 2 N–H and O–H groups in total. The quantitative estimate of drug-likeness (QED) is 0.838. The van der Waals surface area contributed by atoms with E-state index in [9.17, 15) is 4.79 Å². The third kappa shape index (κ3) is 4.23. The second kappa shape index (κ2) is 7.13. The van der Waals surface area contributed by atoms with Gasteiger partial charge < -0.3 is 20.3 Å². The smallest absolute Gasteiger partial charge is 0.319 e. The third-order valence-electron chi connectivity index (χ3n) is 3.32. The molecule has 0 spiro atoms. The van der Waals surface area contributed by atoms with Crippen molar-refractivity contribution in [2.45, 2.75) is 26.1 Å². The van der Waals surface area contributed by atoms with Crippen LogP contribution >= 0.6 is 0 Å². The lowest BCUT2D eigenvalue weighted by molar-refractivity contribution is -0.00517. The fourth-order valence-corrected chi connectivity index (χ4v) is 2.56. The predicted octanol–water partition coefficient (Wildman–Crippen LogP) is 2.61. The number of ether oxygens (including phenoxy) is 1. The summed E-state index contributed by atoms with van der Waals surface area (Å²) in [4.78, 5) is 14.1. The number of amides is 2. The molecule has 0 unspecified atom stereocenters. The van der Waals surface area contributed by atoms with Gasteiger partial charge in [0.2, 0.25) is 0 Å². The van der Waals surface area contributed by atoms with E-state index >= 15 is 0 Å². The third-order valence-corrected chi connectivity index (χ3v) is 3.32. The maximum Gasteiger partial charge on any atom is 0.319 e. The molecule has 0 aromatic heterocycles. The molecular weight excluding hydrogens is 266 g/mol. The van der Waals surface area contributed by atoms with E-state index < -0.39 is 0 Å². The summed E-state index contributed by atoms with van der Waals surface area (Å²) < 4.78 is 5.76. The highest BCUT2D eigenvalue weighted by atomic mass is 16.5. The number of urea groups is 1. The zero-order chi connectivity index (χ0) is 15.2. The SMILES string of the molecule is C=CCNC(=O)Nc1ccccc1N1C[C@H](C)O[C@@H](C)C1. The molecule has 114 valence electrons. The Hall–Kier alpha value is -2.01. The van der Waals surface area contributed by atoms with Gasteiger partial charge in [0.25, 0.3) is 0 Å². The molecule has 0 saturated carbocycles. The van der Waals surface area contributed by atoms with Crippen molar-refractivity contribution in [1.82, 2.24) is 5.32 Å². The highest BCUT2D eigenvalue weighted by Gasteiger charge is 2.24. The van der Waals surface area contributed by atoms with Gasteiger partial charge in [-0.3, -0.25) is 0 Å². The maximum absolute atomic E-state index is 11.8. The van der Waals surface area contributed by atoms with Gasteiger partial charge in [-0.1, -0.05) is 18.2 Å². The Labute approximate surface area is 126 Å². The van der Waals surface area contributed by atoms with Crippen molar-refractivity contribution in [3.05, 3.63) is 36.9 Å². The number of carbonyl (C=O) groups is 1. The highest BCUT2D eigenvalue weighted by molar-refractivity contribution is 5.93. The van der Waals surface area contributed by atoms with E-state index in [1.807, 2.05) is 24.3 Å². The molecule has 0 bridgehead atoms. The van der Waals surface area contributed by atoms with Gasteiger partial charge in [0.15, 0.2) is 0 Å². The first-order chi connectivity index (χ1) is 10.1. The first kappa shape index (κ1) is 15.4. The van der Waals surface area contributed by atoms with Crippen molar-refractivity contribution in [3.63, 3.8) is 0 Å². The van der Waals surface area contributed by atoms with Crippen molar-refractivity contribution in [3.8, 4) is 0 Å². The summed E-state index contributed by atoms with van der Waals surface area (Å²) in [5, 5.41) is 5.61. The minimum Gasteiger partial charge on any atom is -0.372 e. The van der Waals surface area contributed by atoms with Crippen molar-refractivity contribution >= 4 is 17.4 Å². The van der Waals surface area contributed by atoms with Gasteiger partial charge in [0.05, 0.1) is 23.6 Å². The maximum atomic E-state index is 11.8. The Kier molecular flexibility index (Phi) is 5.22. The number of benzene rings is 1. The fourth-order valence-electron chi connectivity index (χ4n) is 2.56. The molecule has 21 heavy (non-hydrogen) atoms. The second-order valence-corrected chi connectivity index (χ2v) is 5.30. The summed E-state index contributed by atoms with van der Waals surface area (Å²) >= 11 is 0. The zero-order valence-corrected chi connectivity index (χ0v) is 12.6. The van der Waals surface area contributed by atoms with Crippen LogP contribution in [0.2, 0.25) is 0 Å². The lowest BCUT2D eigenvalue weighted by Crippen LogP contribution is -2.45. The topological polar surface area (TPSA) is 53.6 Å². The Morgan fingerprint density at radius 3 is 2.71 bits per heavy atom. The van der Waals surface area contributed by atoms with Crippen LogP contribution in [0.3, 0.4) is 0 Å². The standard InChI is InChI=1S/C16H23N3O2/c1-4-9-17-16(20)18-14-7-5-6-8-15(14)19-10-12(2)21-13(3)11-19/h4-8,12-13H,1,9-11H2,2-3H3,(H2,17,18,20)/t12-,13-/m0/s1. The van der Waals surface area contributed by atoms with E-state index in [1.165, 1.54) is 0 Å². The number of nitrogens with zero attached hydrogens (tertiary/aromatic N) is 1. The van der Waals surface area contributed by atoms with Crippen molar-refractivity contribution < 1.29 is 9.53 Å². The van der Waals surface area contributed by atoms with Crippen LogP contribution in [-0.2, 0) is 4.74 Å². The lowest BCUT2D eigenvalue weighted by atomic mass is 10.1. The van der Waals surface area contributed by atoms with E-state index in [-0.39, 0.29) is 18.2 Å². The molecule has 2 atom stereocenters. The number of hydrogen-bond acceptors (Lipinski definition) is 3. The van der Waals surface area contributed by atoms with E-state index in [2.05, 4.69) is 36.0 Å². The molecule has 1 fully saturated rings. The predicted molar refractivity (Wildman–Crippen MR) is 85.9 cm³/mol. The average molecular weight is 289 g/mol. The van der Waals surface area contributed by atoms with E-state index in [1.54, 1.807) is 6.08 Å². The van der Waals surface area contributed by atoms with Crippen LogP contribution in [0.4, 0.5) is 16.2 Å². The molecule has 1 saturated heterocycles. The van der Waals surface area contributed by atoms with Crippen molar-refractivity contribution in [2.24, 2.45) is 0 Å². The van der Waals surface area contributed by atoms with E-state index in [0.29, 0.717) is 6.54 Å². The lowest BCUT2D eigenvalue weighted by Gasteiger charge is -2.37. The number of para-hydroxylation sites is 2. The normalized spacial score (nSPS) is 21.7. The zero-order valence-electron chi connectivity index (χ0n) is 12.6. The summed E-state index contributed by atoms with van der Waals surface area (Å²) in [6.45, 7) is 9.79. The van der Waals surface area contributed by atoms with Gasteiger partial charge in [-0.2, -0.15) is 0 Å². The molecule has 0 aliphatic carbocycles. The van der Waals surface area contributed by atoms with Crippen LogP contribution in [0.15, 0.2) is 36.9 Å².